The molecule has 0 spiro atoms. The number of carbonyl (C=O) groups excluding carboxylic acids is 1. The Balaban J connectivity index is 2.19. The molecule has 0 heterocycles. The van der Waals surface area contributed by atoms with Crippen LogP contribution in [0.1, 0.15) is 29.8 Å². The molecular formula is C17H16F2O2. The predicted molar refractivity (Wildman–Crippen MR) is 76.6 cm³/mol. The first-order valence-electron chi connectivity index (χ1n) is 6.76. The zero-order valence-corrected chi connectivity index (χ0v) is 11.9. The maximum Gasteiger partial charge on any atom is 0.205 e. The van der Waals surface area contributed by atoms with Crippen molar-refractivity contribution in [2.75, 3.05) is 0 Å². The summed E-state index contributed by atoms with van der Waals surface area (Å²) in [5.74, 6) is -1.50. The van der Waals surface area contributed by atoms with Crippen LogP contribution in [0.15, 0.2) is 42.5 Å². The first kappa shape index (κ1) is 15.2. The third-order valence-corrected chi connectivity index (χ3v) is 3.22. The minimum Gasteiger partial charge on any atom is -0.482 e. The van der Waals surface area contributed by atoms with Gasteiger partial charge in [-0.05, 0) is 37.1 Å². The second kappa shape index (κ2) is 6.48. The number of ketones is 1. The Morgan fingerprint density at radius 2 is 1.90 bits per heavy atom. The Bertz CT molecular complexity index is 653. The van der Waals surface area contributed by atoms with Crippen LogP contribution in [0.25, 0.3) is 0 Å². The molecule has 1 unspecified atom stereocenters. The summed E-state index contributed by atoms with van der Waals surface area (Å²) >= 11 is 0. The van der Waals surface area contributed by atoms with Crippen LogP contribution in [-0.4, -0.2) is 11.9 Å². The molecule has 2 aromatic rings. The minimum atomic E-state index is -0.876. The second-order valence-electron chi connectivity index (χ2n) is 4.71. The van der Waals surface area contributed by atoms with E-state index in [1.54, 1.807) is 13.0 Å². The van der Waals surface area contributed by atoms with E-state index >= 15 is 0 Å². The van der Waals surface area contributed by atoms with Gasteiger partial charge in [-0.3, -0.25) is 4.79 Å². The largest absolute Gasteiger partial charge is 0.482 e. The lowest BCUT2D eigenvalue weighted by Crippen LogP contribution is -2.25. The molecule has 0 aliphatic heterocycles. The van der Waals surface area contributed by atoms with Gasteiger partial charge in [0.2, 0.25) is 5.78 Å². The summed E-state index contributed by atoms with van der Waals surface area (Å²) in [6.07, 6.45) is -0.0835. The molecule has 0 fully saturated rings. The van der Waals surface area contributed by atoms with Crippen molar-refractivity contribution < 1.29 is 18.3 Å². The summed E-state index contributed by atoms with van der Waals surface area (Å²) < 4.78 is 32.1. The zero-order chi connectivity index (χ0) is 15.4. The monoisotopic (exact) mass is 290 g/mol. The first-order chi connectivity index (χ1) is 10.0. The average Bonchev–Trinajstić information content (AvgIpc) is 2.47. The SMILES string of the molecule is CCc1ccccc1OC(C)C(=O)c1ccc(F)cc1F. The van der Waals surface area contributed by atoms with E-state index in [2.05, 4.69) is 0 Å². The molecule has 0 saturated heterocycles. The molecule has 21 heavy (non-hydrogen) atoms. The molecule has 0 aromatic heterocycles. The summed E-state index contributed by atoms with van der Waals surface area (Å²) in [5, 5.41) is 0. The van der Waals surface area contributed by atoms with E-state index in [0.29, 0.717) is 11.8 Å². The zero-order valence-electron chi connectivity index (χ0n) is 11.9. The smallest absolute Gasteiger partial charge is 0.205 e. The third kappa shape index (κ3) is 3.45. The maximum absolute atomic E-state index is 13.6. The molecule has 0 N–H and O–H groups in total. The number of hydrogen-bond acceptors (Lipinski definition) is 2. The number of halogens is 2. The lowest BCUT2D eigenvalue weighted by molar-refractivity contribution is 0.0812. The molecule has 4 heteroatoms. The number of ether oxygens (including phenoxy) is 1. The number of para-hydroxylation sites is 1. The molecule has 0 amide bonds. The van der Waals surface area contributed by atoms with Gasteiger partial charge < -0.3 is 4.74 Å². The Hall–Kier alpha value is -2.23. The van der Waals surface area contributed by atoms with Gasteiger partial charge in [-0.2, -0.15) is 0 Å². The molecule has 0 bridgehead atoms. The quantitative estimate of drug-likeness (QED) is 0.772. The Morgan fingerprint density at radius 3 is 2.57 bits per heavy atom. The molecule has 2 nitrogen and oxygen atoms in total. The summed E-state index contributed by atoms with van der Waals surface area (Å²) in [5.41, 5.74) is 0.801. The van der Waals surface area contributed by atoms with Crippen molar-refractivity contribution in [2.45, 2.75) is 26.4 Å². The van der Waals surface area contributed by atoms with Crippen LogP contribution in [0.2, 0.25) is 0 Å². The molecule has 2 rings (SSSR count). The van der Waals surface area contributed by atoms with Crippen LogP contribution in [0.3, 0.4) is 0 Å². The van der Waals surface area contributed by atoms with Gasteiger partial charge in [-0.1, -0.05) is 25.1 Å². The van der Waals surface area contributed by atoms with Crippen molar-refractivity contribution in [3.8, 4) is 5.75 Å². The highest BCUT2D eigenvalue weighted by Crippen LogP contribution is 2.21. The minimum absolute atomic E-state index is 0.169. The van der Waals surface area contributed by atoms with Gasteiger partial charge in [0.15, 0.2) is 6.10 Å². The number of benzene rings is 2. The second-order valence-corrected chi connectivity index (χ2v) is 4.71. The van der Waals surface area contributed by atoms with Crippen molar-refractivity contribution in [1.82, 2.24) is 0 Å². The van der Waals surface area contributed by atoms with Crippen LogP contribution >= 0.6 is 0 Å². The van der Waals surface area contributed by atoms with Gasteiger partial charge in [0.1, 0.15) is 17.4 Å². The molecule has 0 radical (unpaired) electrons. The van der Waals surface area contributed by atoms with E-state index < -0.39 is 23.5 Å². The summed E-state index contributed by atoms with van der Waals surface area (Å²) in [6, 6.07) is 10.3. The lowest BCUT2D eigenvalue weighted by Gasteiger charge is -2.16. The van der Waals surface area contributed by atoms with Gasteiger partial charge in [0.05, 0.1) is 5.56 Å². The highest BCUT2D eigenvalue weighted by atomic mass is 19.1. The molecule has 0 aliphatic rings. The van der Waals surface area contributed by atoms with Crippen molar-refractivity contribution in [1.29, 1.82) is 0 Å². The van der Waals surface area contributed by atoms with Crippen LogP contribution < -0.4 is 4.74 Å². The van der Waals surface area contributed by atoms with Crippen LogP contribution in [0.5, 0.6) is 5.75 Å². The molecular weight excluding hydrogens is 274 g/mol. The van der Waals surface area contributed by atoms with Crippen molar-refractivity contribution >= 4 is 5.78 Å². The van der Waals surface area contributed by atoms with Crippen molar-refractivity contribution in [3.63, 3.8) is 0 Å². The lowest BCUT2D eigenvalue weighted by atomic mass is 10.1. The summed E-state index contributed by atoms with van der Waals surface area (Å²) in [4.78, 5) is 12.2. The standard InChI is InChI=1S/C17H16F2O2/c1-3-12-6-4-5-7-16(12)21-11(2)17(20)14-9-8-13(18)10-15(14)19/h4-11H,3H2,1-2H3. The van der Waals surface area contributed by atoms with E-state index in [1.807, 2.05) is 25.1 Å². The predicted octanol–water partition coefficient (Wildman–Crippen LogP) is 4.18. The first-order valence-corrected chi connectivity index (χ1v) is 6.76. The average molecular weight is 290 g/mol. The van der Waals surface area contributed by atoms with Gasteiger partial charge in [0, 0.05) is 6.07 Å². The third-order valence-electron chi connectivity index (χ3n) is 3.22. The summed E-state index contributed by atoms with van der Waals surface area (Å²) in [7, 11) is 0. The molecule has 0 saturated carbocycles. The molecule has 0 aliphatic carbocycles. The van der Waals surface area contributed by atoms with Gasteiger partial charge in [-0.25, -0.2) is 8.78 Å². The fourth-order valence-electron chi connectivity index (χ4n) is 2.06. The Kier molecular flexibility index (Phi) is 4.68. The Morgan fingerprint density at radius 1 is 1.19 bits per heavy atom. The fourth-order valence-corrected chi connectivity index (χ4v) is 2.06. The number of Topliss-reactive ketones (excluding diaryl/α,β-unsaturated/α-hetero) is 1. The number of rotatable bonds is 5. The topological polar surface area (TPSA) is 26.3 Å². The summed E-state index contributed by atoms with van der Waals surface area (Å²) in [6.45, 7) is 3.53. The number of carbonyl (C=O) groups is 1. The van der Waals surface area contributed by atoms with Gasteiger partial charge in [-0.15, -0.1) is 0 Å². The van der Waals surface area contributed by atoms with E-state index in [4.69, 9.17) is 4.74 Å². The van der Waals surface area contributed by atoms with Gasteiger partial charge in [0.25, 0.3) is 0 Å². The van der Waals surface area contributed by atoms with E-state index in [9.17, 15) is 13.6 Å². The van der Waals surface area contributed by atoms with E-state index in [1.165, 1.54) is 0 Å². The highest BCUT2D eigenvalue weighted by Gasteiger charge is 2.21. The maximum atomic E-state index is 13.6. The molecule has 110 valence electrons. The van der Waals surface area contributed by atoms with E-state index in [0.717, 1.165) is 24.1 Å². The fraction of sp³-hybridized carbons (Fsp3) is 0.235. The molecule has 2 aromatic carbocycles. The molecule has 1 atom stereocenters. The van der Waals surface area contributed by atoms with Crippen molar-refractivity contribution in [2.24, 2.45) is 0 Å². The van der Waals surface area contributed by atoms with Gasteiger partial charge >= 0.3 is 0 Å². The highest BCUT2D eigenvalue weighted by molar-refractivity contribution is 5.99. The van der Waals surface area contributed by atoms with Crippen molar-refractivity contribution in [3.05, 3.63) is 65.2 Å². The normalized spacial score (nSPS) is 12.0. The number of aryl methyl sites for hydroxylation is 1. The number of hydrogen-bond donors (Lipinski definition) is 0. The van der Waals surface area contributed by atoms with Crippen LogP contribution in [0, 0.1) is 11.6 Å². The van der Waals surface area contributed by atoms with E-state index in [-0.39, 0.29) is 5.56 Å². The van der Waals surface area contributed by atoms with Crippen LogP contribution in [-0.2, 0) is 6.42 Å². The van der Waals surface area contributed by atoms with Crippen LogP contribution in [0.4, 0.5) is 8.78 Å². The Labute approximate surface area is 122 Å².